The van der Waals surface area contributed by atoms with E-state index < -0.39 is 0 Å². The number of allylic oxidation sites excluding steroid dienone is 1. The molecule has 0 aromatic rings. The van der Waals surface area contributed by atoms with Gasteiger partial charge in [0.25, 0.3) is 0 Å². The highest BCUT2D eigenvalue weighted by Crippen LogP contribution is 2.19. The first kappa shape index (κ1) is 8.79. The lowest BCUT2D eigenvalue weighted by Crippen LogP contribution is -2.15. The van der Waals surface area contributed by atoms with Gasteiger partial charge in [0, 0.05) is 6.04 Å². The summed E-state index contributed by atoms with van der Waals surface area (Å²) in [5.41, 5.74) is 7.47. The van der Waals surface area contributed by atoms with Crippen molar-refractivity contribution in [3.8, 4) is 0 Å². The number of rotatable bonds is 2. The van der Waals surface area contributed by atoms with Crippen LogP contribution < -0.4 is 5.73 Å². The third-order valence-corrected chi connectivity index (χ3v) is 2.31. The van der Waals surface area contributed by atoms with Crippen molar-refractivity contribution >= 4 is 0 Å². The first-order valence-corrected chi connectivity index (χ1v) is 4.78. The molecule has 0 spiro atoms. The van der Waals surface area contributed by atoms with Gasteiger partial charge in [0.2, 0.25) is 0 Å². The van der Waals surface area contributed by atoms with E-state index in [1.807, 2.05) is 0 Å². The standard InChI is InChI=1S/C10H19N/c1-2-5-9-6-3-4-7-10(11)8-9/h8,10H,2-7,11H2,1H3. The van der Waals surface area contributed by atoms with Crippen LogP contribution in [0.25, 0.3) is 0 Å². The first-order chi connectivity index (χ1) is 5.33. The lowest BCUT2D eigenvalue weighted by atomic mass is 10.1. The molecular formula is C10H19N. The molecule has 0 fully saturated rings. The quantitative estimate of drug-likeness (QED) is 0.606. The smallest absolute Gasteiger partial charge is 0.0226 e. The SMILES string of the molecule is CCCC1=CC(N)CCCC1. The third kappa shape index (κ3) is 3.06. The Morgan fingerprint density at radius 3 is 3.09 bits per heavy atom. The zero-order valence-corrected chi connectivity index (χ0v) is 7.47. The molecule has 2 N–H and O–H groups in total. The summed E-state index contributed by atoms with van der Waals surface area (Å²) in [6.45, 7) is 2.23. The van der Waals surface area contributed by atoms with E-state index in [2.05, 4.69) is 13.0 Å². The number of hydrogen-bond acceptors (Lipinski definition) is 1. The Kier molecular flexibility index (Phi) is 3.64. The van der Waals surface area contributed by atoms with Crippen LogP contribution in [0.3, 0.4) is 0 Å². The predicted octanol–water partition coefficient (Wildman–Crippen LogP) is 2.61. The molecule has 0 saturated heterocycles. The highest BCUT2D eigenvalue weighted by atomic mass is 14.6. The van der Waals surface area contributed by atoms with Gasteiger partial charge in [-0.1, -0.05) is 31.4 Å². The number of nitrogens with two attached hydrogens (primary N) is 1. The molecule has 1 atom stereocenters. The maximum Gasteiger partial charge on any atom is 0.0226 e. The van der Waals surface area contributed by atoms with Crippen molar-refractivity contribution in [1.82, 2.24) is 0 Å². The van der Waals surface area contributed by atoms with E-state index in [9.17, 15) is 0 Å². The molecule has 0 aliphatic heterocycles. The van der Waals surface area contributed by atoms with E-state index in [4.69, 9.17) is 5.73 Å². The Balaban J connectivity index is 2.45. The second-order valence-corrected chi connectivity index (χ2v) is 3.48. The van der Waals surface area contributed by atoms with Gasteiger partial charge in [-0.2, -0.15) is 0 Å². The molecule has 11 heavy (non-hydrogen) atoms. The van der Waals surface area contributed by atoms with Crippen LogP contribution in [0.4, 0.5) is 0 Å². The van der Waals surface area contributed by atoms with Gasteiger partial charge in [0.05, 0.1) is 0 Å². The molecule has 0 heterocycles. The average molecular weight is 153 g/mol. The van der Waals surface area contributed by atoms with Gasteiger partial charge in [-0.25, -0.2) is 0 Å². The third-order valence-electron chi connectivity index (χ3n) is 2.31. The molecule has 0 aromatic heterocycles. The fourth-order valence-electron chi connectivity index (χ4n) is 1.73. The average Bonchev–Trinajstić information content (AvgIpc) is 2.15. The molecule has 1 heteroatoms. The van der Waals surface area contributed by atoms with Crippen molar-refractivity contribution in [2.45, 2.75) is 51.5 Å². The van der Waals surface area contributed by atoms with Crippen LogP contribution in [-0.4, -0.2) is 6.04 Å². The van der Waals surface area contributed by atoms with Crippen molar-refractivity contribution in [2.24, 2.45) is 5.73 Å². The van der Waals surface area contributed by atoms with E-state index in [-0.39, 0.29) is 0 Å². The zero-order chi connectivity index (χ0) is 8.10. The van der Waals surface area contributed by atoms with Crippen molar-refractivity contribution in [1.29, 1.82) is 0 Å². The lowest BCUT2D eigenvalue weighted by Gasteiger charge is -2.03. The molecule has 1 rings (SSSR count). The molecule has 0 bridgehead atoms. The van der Waals surface area contributed by atoms with Crippen molar-refractivity contribution < 1.29 is 0 Å². The van der Waals surface area contributed by atoms with Crippen LogP contribution in [0, 0.1) is 0 Å². The Bertz CT molecular complexity index is 138. The largest absolute Gasteiger partial charge is 0.324 e. The van der Waals surface area contributed by atoms with Gasteiger partial charge in [-0.05, 0) is 25.7 Å². The van der Waals surface area contributed by atoms with Crippen LogP contribution in [0.5, 0.6) is 0 Å². The number of hydrogen-bond donors (Lipinski definition) is 1. The van der Waals surface area contributed by atoms with Gasteiger partial charge in [-0.15, -0.1) is 0 Å². The van der Waals surface area contributed by atoms with Gasteiger partial charge in [0.1, 0.15) is 0 Å². The Morgan fingerprint density at radius 1 is 1.55 bits per heavy atom. The van der Waals surface area contributed by atoms with Gasteiger partial charge >= 0.3 is 0 Å². The minimum absolute atomic E-state index is 0.346. The van der Waals surface area contributed by atoms with Gasteiger partial charge in [-0.3, -0.25) is 0 Å². The molecule has 0 saturated carbocycles. The summed E-state index contributed by atoms with van der Waals surface area (Å²) in [5, 5.41) is 0. The summed E-state index contributed by atoms with van der Waals surface area (Å²) in [5.74, 6) is 0. The summed E-state index contributed by atoms with van der Waals surface area (Å²) in [6.07, 6.45) is 9.95. The van der Waals surface area contributed by atoms with E-state index >= 15 is 0 Å². The summed E-state index contributed by atoms with van der Waals surface area (Å²) >= 11 is 0. The van der Waals surface area contributed by atoms with E-state index in [0.29, 0.717) is 6.04 Å². The van der Waals surface area contributed by atoms with Crippen LogP contribution in [-0.2, 0) is 0 Å². The monoisotopic (exact) mass is 153 g/mol. The molecule has 0 aromatic carbocycles. The predicted molar refractivity (Wildman–Crippen MR) is 49.4 cm³/mol. The Morgan fingerprint density at radius 2 is 2.36 bits per heavy atom. The summed E-state index contributed by atoms with van der Waals surface area (Å²) < 4.78 is 0. The molecule has 1 aliphatic rings. The fraction of sp³-hybridized carbons (Fsp3) is 0.800. The normalized spacial score (nSPS) is 26.0. The summed E-state index contributed by atoms with van der Waals surface area (Å²) in [7, 11) is 0. The van der Waals surface area contributed by atoms with Gasteiger partial charge < -0.3 is 5.73 Å². The second-order valence-electron chi connectivity index (χ2n) is 3.48. The zero-order valence-electron chi connectivity index (χ0n) is 7.47. The Hall–Kier alpha value is -0.300. The molecular weight excluding hydrogens is 134 g/mol. The van der Waals surface area contributed by atoms with Crippen LogP contribution in [0.2, 0.25) is 0 Å². The molecule has 1 nitrogen and oxygen atoms in total. The van der Waals surface area contributed by atoms with E-state index in [0.717, 1.165) is 0 Å². The van der Waals surface area contributed by atoms with Crippen LogP contribution in [0.15, 0.2) is 11.6 Å². The maximum absolute atomic E-state index is 5.88. The minimum atomic E-state index is 0.346. The molecule has 1 aliphatic carbocycles. The second kappa shape index (κ2) is 4.55. The van der Waals surface area contributed by atoms with Gasteiger partial charge in [0.15, 0.2) is 0 Å². The van der Waals surface area contributed by atoms with Crippen LogP contribution in [0.1, 0.15) is 45.4 Å². The fourth-order valence-corrected chi connectivity index (χ4v) is 1.73. The van der Waals surface area contributed by atoms with E-state index in [1.54, 1.807) is 5.57 Å². The maximum atomic E-state index is 5.88. The summed E-state index contributed by atoms with van der Waals surface area (Å²) in [6, 6.07) is 0.346. The molecule has 0 radical (unpaired) electrons. The molecule has 64 valence electrons. The molecule has 1 unspecified atom stereocenters. The van der Waals surface area contributed by atoms with E-state index in [1.165, 1.54) is 38.5 Å². The van der Waals surface area contributed by atoms with Crippen molar-refractivity contribution in [3.05, 3.63) is 11.6 Å². The van der Waals surface area contributed by atoms with Crippen molar-refractivity contribution in [3.63, 3.8) is 0 Å². The first-order valence-electron chi connectivity index (χ1n) is 4.78. The Labute approximate surface area is 69.7 Å². The van der Waals surface area contributed by atoms with Crippen LogP contribution >= 0.6 is 0 Å². The van der Waals surface area contributed by atoms with Crippen molar-refractivity contribution in [2.75, 3.05) is 0 Å². The summed E-state index contributed by atoms with van der Waals surface area (Å²) in [4.78, 5) is 0. The highest BCUT2D eigenvalue weighted by molar-refractivity contribution is 5.07. The molecule has 0 amide bonds. The topological polar surface area (TPSA) is 26.0 Å². The highest BCUT2D eigenvalue weighted by Gasteiger charge is 2.06. The minimum Gasteiger partial charge on any atom is -0.324 e. The lowest BCUT2D eigenvalue weighted by molar-refractivity contribution is 0.653.